The van der Waals surface area contributed by atoms with Gasteiger partial charge in [-0.15, -0.1) is 0 Å². The summed E-state index contributed by atoms with van der Waals surface area (Å²) in [4.78, 5) is 14.6. The molecule has 0 aliphatic carbocycles. The summed E-state index contributed by atoms with van der Waals surface area (Å²) >= 11 is 0. The van der Waals surface area contributed by atoms with Gasteiger partial charge in [-0.2, -0.15) is 0 Å². The number of aromatic nitrogens is 1. The molecule has 0 amide bonds. The number of benzene rings is 2. The number of aromatic hydroxyl groups is 1. The monoisotopic (exact) mass is 211 g/mol. The molecule has 3 heteroatoms. The minimum Gasteiger partial charge on any atom is -0.507 e. The Hall–Kier alpha value is -2.29. The minimum absolute atomic E-state index is 0.0708. The van der Waals surface area contributed by atoms with Crippen molar-refractivity contribution in [3.63, 3.8) is 0 Å². The Balaban J connectivity index is 2.61. The fourth-order valence-corrected chi connectivity index (χ4v) is 1.93. The summed E-state index contributed by atoms with van der Waals surface area (Å²) in [6.07, 6.45) is 3.64. The molecule has 3 rings (SSSR count). The zero-order chi connectivity index (χ0) is 11.1. The second-order valence-corrected chi connectivity index (χ2v) is 3.75. The Bertz CT molecular complexity index is 744. The first-order valence-corrected chi connectivity index (χ1v) is 4.98. The largest absolute Gasteiger partial charge is 0.507 e. The predicted octanol–water partition coefficient (Wildman–Crippen LogP) is 2.39. The number of H-pyrrole nitrogens is 1. The molecule has 2 aromatic carbocycles. The maximum Gasteiger partial charge on any atom is 0.186 e. The van der Waals surface area contributed by atoms with E-state index in [-0.39, 0.29) is 11.2 Å². The fourth-order valence-electron chi connectivity index (χ4n) is 1.93. The Morgan fingerprint density at radius 2 is 1.81 bits per heavy atom. The highest BCUT2D eigenvalue weighted by Gasteiger charge is 2.04. The van der Waals surface area contributed by atoms with Crippen molar-refractivity contribution in [2.24, 2.45) is 0 Å². The Morgan fingerprint density at radius 1 is 1.00 bits per heavy atom. The van der Waals surface area contributed by atoms with Crippen LogP contribution >= 0.6 is 0 Å². The number of phenolic OH excluding ortho intramolecular Hbond substituents is 1. The van der Waals surface area contributed by atoms with Crippen molar-refractivity contribution >= 4 is 21.5 Å². The lowest BCUT2D eigenvalue weighted by molar-refractivity contribution is 0.481. The van der Waals surface area contributed by atoms with Crippen LogP contribution in [0.3, 0.4) is 0 Å². The highest BCUT2D eigenvalue weighted by molar-refractivity contribution is 6.00. The van der Waals surface area contributed by atoms with Gasteiger partial charge in [0.1, 0.15) is 5.75 Å². The topological polar surface area (TPSA) is 53.1 Å². The standard InChI is InChI=1S/C13H9NO2/c15-12-1-2-13(16)11-6-9-7-14-4-3-8(9)5-10(11)12/h1-7,14-15H. The zero-order valence-corrected chi connectivity index (χ0v) is 8.40. The van der Waals surface area contributed by atoms with Gasteiger partial charge in [0.2, 0.25) is 0 Å². The van der Waals surface area contributed by atoms with E-state index in [2.05, 4.69) is 4.98 Å². The van der Waals surface area contributed by atoms with Crippen molar-refractivity contribution in [1.29, 1.82) is 0 Å². The summed E-state index contributed by atoms with van der Waals surface area (Å²) in [5.74, 6) is 0.143. The highest BCUT2D eigenvalue weighted by atomic mass is 16.3. The van der Waals surface area contributed by atoms with Crippen LogP contribution in [0.4, 0.5) is 0 Å². The second kappa shape index (κ2) is 3.10. The zero-order valence-electron chi connectivity index (χ0n) is 8.40. The third-order valence-electron chi connectivity index (χ3n) is 2.76. The first-order chi connectivity index (χ1) is 7.75. The van der Waals surface area contributed by atoms with E-state index in [1.165, 1.54) is 12.1 Å². The van der Waals surface area contributed by atoms with Gasteiger partial charge in [0.25, 0.3) is 0 Å². The lowest BCUT2D eigenvalue weighted by Gasteiger charge is -2.02. The van der Waals surface area contributed by atoms with Gasteiger partial charge in [-0.3, -0.25) is 4.79 Å². The van der Waals surface area contributed by atoms with Gasteiger partial charge >= 0.3 is 0 Å². The van der Waals surface area contributed by atoms with Crippen molar-refractivity contribution in [3.05, 3.63) is 52.9 Å². The molecule has 1 heterocycles. The maximum atomic E-state index is 11.7. The summed E-state index contributed by atoms with van der Waals surface area (Å²) in [5, 5.41) is 12.8. The van der Waals surface area contributed by atoms with E-state index in [0.29, 0.717) is 10.8 Å². The number of pyridine rings is 1. The molecule has 16 heavy (non-hydrogen) atoms. The number of hydrogen-bond acceptors (Lipinski definition) is 2. The molecule has 0 aliphatic heterocycles. The van der Waals surface area contributed by atoms with Crippen LogP contribution < -0.4 is 5.43 Å². The van der Waals surface area contributed by atoms with Crippen molar-refractivity contribution in [2.45, 2.75) is 0 Å². The van der Waals surface area contributed by atoms with Gasteiger partial charge in [0.05, 0.1) is 0 Å². The van der Waals surface area contributed by atoms with Crippen LogP contribution in [-0.2, 0) is 0 Å². The minimum atomic E-state index is -0.0708. The van der Waals surface area contributed by atoms with E-state index < -0.39 is 0 Å². The first kappa shape index (κ1) is 8.97. The van der Waals surface area contributed by atoms with Gasteiger partial charge in [0, 0.05) is 23.2 Å². The van der Waals surface area contributed by atoms with Crippen LogP contribution in [0.15, 0.2) is 47.5 Å². The van der Waals surface area contributed by atoms with E-state index >= 15 is 0 Å². The number of rotatable bonds is 0. The van der Waals surface area contributed by atoms with Crippen LogP contribution in [-0.4, -0.2) is 10.1 Å². The van der Waals surface area contributed by atoms with Gasteiger partial charge < -0.3 is 10.1 Å². The lowest BCUT2D eigenvalue weighted by Crippen LogP contribution is -1.98. The molecule has 3 nitrogen and oxygen atoms in total. The number of aromatic amines is 1. The smallest absolute Gasteiger partial charge is 0.186 e. The van der Waals surface area contributed by atoms with E-state index in [9.17, 15) is 9.90 Å². The molecular weight excluding hydrogens is 202 g/mol. The Kier molecular flexibility index (Phi) is 1.74. The molecule has 0 radical (unpaired) electrons. The van der Waals surface area contributed by atoms with Crippen LogP contribution in [0.25, 0.3) is 21.5 Å². The van der Waals surface area contributed by atoms with Crippen molar-refractivity contribution in [3.8, 4) is 5.75 Å². The molecule has 1 aromatic heterocycles. The van der Waals surface area contributed by atoms with E-state index in [1.54, 1.807) is 6.07 Å². The van der Waals surface area contributed by atoms with Crippen LogP contribution in [0.1, 0.15) is 0 Å². The Morgan fingerprint density at radius 3 is 2.69 bits per heavy atom. The molecule has 0 saturated carbocycles. The van der Waals surface area contributed by atoms with Gasteiger partial charge in [0.15, 0.2) is 5.43 Å². The van der Waals surface area contributed by atoms with E-state index in [1.807, 2.05) is 24.5 Å². The van der Waals surface area contributed by atoms with Crippen molar-refractivity contribution in [1.82, 2.24) is 4.98 Å². The maximum absolute atomic E-state index is 11.7. The molecule has 0 saturated heterocycles. The second-order valence-electron chi connectivity index (χ2n) is 3.75. The molecule has 0 bridgehead atoms. The van der Waals surface area contributed by atoms with E-state index in [4.69, 9.17) is 0 Å². The summed E-state index contributed by atoms with van der Waals surface area (Å²) in [5.41, 5.74) is -0.0708. The molecular formula is C13H9NO2. The van der Waals surface area contributed by atoms with Gasteiger partial charge in [-0.1, -0.05) is 0 Å². The van der Waals surface area contributed by atoms with Crippen molar-refractivity contribution in [2.75, 3.05) is 0 Å². The molecule has 3 aromatic rings. The third-order valence-corrected chi connectivity index (χ3v) is 2.76. The molecule has 0 spiro atoms. The molecule has 0 fully saturated rings. The average Bonchev–Trinajstić information content (AvgIpc) is 2.32. The highest BCUT2D eigenvalue weighted by Crippen LogP contribution is 2.26. The summed E-state index contributed by atoms with van der Waals surface area (Å²) in [6.45, 7) is 0. The summed E-state index contributed by atoms with van der Waals surface area (Å²) in [7, 11) is 0. The number of fused-ring (bicyclic) bond motifs is 2. The van der Waals surface area contributed by atoms with Crippen LogP contribution in [0.5, 0.6) is 5.75 Å². The molecule has 0 atom stereocenters. The average molecular weight is 211 g/mol. The van der Waals surface area contributed by atoms with Crippen molar-refractivity contribution < 1.29 is 5.11 Å². The van der Waals surface area contributed by atoms with Crippen LogP contribution in [0.2, 0.25) is 0 Å². The molecule has 0 unspecified atom stereocenters. The predicted molar refractivity (Wildman–Crippen MR) is 63.7 cm³/mol. The molecule has 2 N–H and O–H groups in total. The summed E-state index contributed by atoms with van der Waals surface area (Å²) < 4.78 is 0. The SMILES string of the molecule is O=c1ccc(O)c2cc3cc[nH]cc3cc12. The normalized spacial score (nSPS) is 11.0. The van der Waals surface area contributed by atoms with Gasteiger partial charge in [-0.05, 0) is 41.1 Å². The number of nitrogens with one attached hydrogen (secondary N) is 1. The Labute approximate surface area is 91.0 Å². The van der Waals surface area contributed by atoms with E-state index in [0.717, 1.165) is 10.8 Å². The first-order valence-electron chi connectivity index (χ1n) is 4.98. The molecule has 0 aliphatic rings. The number of phenols is 1. The van der Waals surface area contributed by atoms with Gasteiger partial charge in [-0.25, -0.2) is 0 Å². The lowest BCUT2D eigenvalue weighted by atomic mass is 10.0. The van der Waals surface area contributed by atoms with Crippen LogP contribution in [0, 0.1) is 0 Å². The fraction of sp³-hybridized carbons (Fsp3) is 0. The molecule has 78 valence electrons. The number of hydrogen-bond donors (Lipinski definition) is 2. The summed E-state index contributed by atoms with van der Waals surface area (Å²) in [6, 6.07) is 8.35. The quantitative estimate of drug-likeness (QED) is 0.561. The third kappa shape index (κ3) is 1.18.